The number of hydrogen-bond donors (Lipinski definition) is 2. The fraction of sp³-hybridized carbons (Fsp3) is 0.500. The molecule has 0 atom stereocenters. The Labute approximate surface area is 141 Å². The van der Waals surface area contributed by atoms with Crippen LogP contribution >= 0.6 is 23.2 Å². The summed E-state index contributed by atoms with van der Waals surface area (Å²) in [5.74, 6) is -0.170. The summed E-state index contributed by atoms with van der Waals surface area (Å²) in [4.78, 5) is 11.8. The number of carbonyl (C=O) groups excluding carboxylic acids is 1. The highest BCUT2D eigenvalue weighted by molar-refractivity contribution is 7.90. The third-order valence-electron chi connectivity index (χ3n) is 2.96. The minimum Gasteiger partial charge on any atom is -0.325 e. The van der Waals surface area contributed by atoms with Crippen LogP contribution in [0, 0.1) is 0 Å². The van der Waals surface area contributed by atoms with Gasteiger partial charge in [-0.15, -0.1) is 0 Å². The van der Waals surface area contributed by atoms with Crippen LogP contribution in [0.5, 0.6) is 0 Å². The lowest BCUT2D eigenvalue weighted by molar-refractivity contribution is -0.116. The first-order valence-corrected chi connectivity index (χ1v) is 9.26. The molecule has 22 heavy (non-hydrogen) atoms. The van der Waals surface area contributed by atoms with Gasteiger partial charge in [-0.05, 0) is 44.9 Å². The quantitative estimate of drug-likeness (QED) is 0.692. The van der Waals surface area contributed by atoms with Crippen molar-refractivity contribution in [2.75, 3.05) is 11.9 Å². The van der Waals surface area contributed by atoms with Crippen molar-refractivity contribution in [3.63, 3.8) is 0 Å². The first-order chi connectivity index (χ1) is 10.2. The monoisotopic (exact) mass is 366 g/mol. The lowest BCUT2D eigenvalue weighted by Crippen LogP contribution is -2.31. The Bertz CT molecular complexity index is 619. The summed E-state index contributed by atoms with van der Waals surface area (Å²) in [5, 5.41) is 3.12. The van der Waals surface area contributed by atoms with E-state index in [1.54, 1.807) is 32.0 Å². The predicted molar refractivity (Wildman–Crippen MR) is 91.0 cm³/mol. The van der Waals surface area contributed by atoms with Gasteiger partial charge in [-0.2, -0.15) is 0 Å². The van der Waals surface area contributed by atoms with Crippen LogP contribution in [-0.4, -0.2) is 26.1 Å². The van der Waals surface area contributed by atoms with Crippen molar-refractivity contribution in [1.82, 2.24) is 4.72 Å². The van der Waals surface area contributed by atoms with Crippen molar-refractivity contribution in [2.45, 2.75) is 38.4 Å². The minimum atomic E-state index is -3.24. The molecule has 1 aromatic rings. The Morgan fingerprint density at radius 2 is 1.91 bits per heavy atom. The molecule has 2 N–H and O–H groups in total. The lowest BCUT2D eigenvalue weighted by Gasteiger charge is -2.09. The molecule has 5 nitrogen and oxygen atoms in total. The topological polar surface area (TPSA) is 75.3 Å². The maximum absolute atomic E-state index is 11.8. The van der Waals surface area contributed by atoms with Crippen LogP contribution < -0.4 is 10.0 Å². The third kappa shape index (κ3) is 6.52. The van der Waals surface area contributed by atoms with Crippen molar-refractivity contribution >= 4 is 44.8 Å². The van der Waals surface area contributed by atoms with E-state index in [0.717, 1.165) is 0 Å². The highest BCUT2D eigenvalue weighted by Crippen LogP contribution is 2.25. The summed E-state index contributed by atoms with van der Waals surface area (Å²) in [6.07, 6.45) is 1.47. The van der Waals surface area contributed by atoms with E-state index in [1.807, 2.05) is 0 Å². The Hall–Kier alpha value is -0.820. The fourth-order valence-corrected chi connectivity index (χ4v) is 2.81. The van der Waals surface area contributed by atoms with Crippen LogP contribution in [0.4, 0.5) is 5.69 Å². The molecule has 0 spiro atoms. The molecule has 124 valence electrons. The number of hydrogen-bond acceptors (Lipinski definition) is 3. The lowest BCUT2D eigenvalue weighted by atomic mass is 10.2. The van der Waals surface area contributed by atoms with E-state index in [4.69, 9.17) is 23.2 Å². The third-order valence-corrected chi connectivity index (χ3v) is 5.36. The van der Waals surface area contributed by atoms with Gasteiger partial charge in [-0.1, -0.05) is 23.2 Å². The first-order valence-electron chi connectivity index (χ1n) is 6.96. The molecule has 0 aromatic heterocycles. The first kappa shape index (κ1) is 19.2. The molecule has 0 radical (unpaired) electrons. The van der Waals surface area contributed by atoms with E-state index in [-0.39, 0.29) is 5.91 Å². The fourth-order valence-electron chi connectivity index (χ4n) is 1.60. The maximum atomic E-state index is 11.8. The molecule has 1 amide bonds. The number of anilines is 1. The van der Waals surface area contributed by atoms with Crippen molar-refractivity contribution in [1.29, 1.82) is 0 Å². The second-order valence-corrected chi connectivity index (χ2v) is 8.28. The highest BCUT2D eigenvalue weighted by Gasteiger charge is 2.14. The van der Waals surface area contributed by atoms with Gasteiger partial charge in [0, 0.05) is 18.0 Å². The van der Waals surface area contributed by atoms with Gasteiger partial charge in [0.1, 0.15) is 0 Å². The van der Waals surface area contributed by atoms with Crippen molar-refractivity contribution in [3.05, 3.63) is 28.2 Å². The number of nitrogens with one attached hydrogen (secondary N) is 2. The van der Waals surface area contributed by atoms with Crippen LogP contribution in [-0.2, 0) is 14.8 Å². The molecule has 0 saturated heterocycles. The molecular weight excluding hydrogens is 347 g/mol. The van der Waals surface area contributed by atoms with Crippen molar-refractivity contribution < 1.29 is 13.2 Å². The van der Waals surface area contributed by atoms with Gasteiger partial charge in [0.2, 0.25) is 15.9 Å². The zero-order valence-corrected chi connectivity index (χ0v) is 14.9. The van der Waals surface area contributed by atoms with Crippen molar-refractivity contribution in [2.24, 2.45) is 0 Å². The second kappa shape index (κ2) is 8.72. The van der Waals surface area contributed by atoms with E-state index >= 15 is 0 Å². The van der Waals surface area contributed by atoms with Crippen molar-refractivity contribution in [3.8, 4) is 0 Å². The van der Waals surface area contributed by atoms with Gasteiger partial charge in [0.25, 0.3) is 0 Å². The predicted octanol–water partition coefficient (Wildman–Crippen LogP) is 3.43. The van der Waals surface area contributed by atoms with Crippen LogP contribution in [0.15, 0.2) is 18.2 Å². The molecule has 0 saturated carbocycles. The summed E-state index contributed by atoms with van der Waals surface area (Å²) in [6, 6.07) is 4.84. The van der Waals surface area contributed by atoms with E-state index in [9.17, 15) is 13.2 Å². The molecule has 0 aliphatic heterocycles. The number of amides is 1. The molecule has 0 aliphatic rings. The number of benzene rings is 1. The summed E-state index contributed by atoms with van der Waals surface area (Å²) in [7, 11) is -3.24. The summed E-state index contributed by atoms with van der Waals surface area (Å²) < 4.78 is 25.5. The molecule has 0 bridgehead atoms. The van der Waals surface area contributed by atoms with Gasteiger partial charge in [0.05, 0.1) is 16.0 Å². The Morgan fingerprint density at radius 3 is 2.50 bits per heavy atom. The van der Waals surface area contributed by atoms with Crippen LogP contribution in [0.2, 0.25) is 10.0 Å². The number of carbonyl (C=O) groups is 1. The molecule has 0 heterocycles. The van der Waals surface area contributed by atoms with E-state index in [2.05, 4.69) is 10.0 Å². The molecule has 0 aliphatic carbocycles. The normalized spacial score (nSPS) is 11.7. The van der Waals surface area contributed by atoms with Crippen LogP contribution in [0.1, 0.15) is 33.1 Å². The van der Waals surface area contributed by atoms with Gasteiger partial charge >= 0.3 is 0 Å². The second-order valence-electron chi connectivity index (χ2n) is 5.12. The molecule has 1 rings (SSSR count). The SMILES string of the molecule is CC(C)S(=O)(=O)NCCCCC(=O)Nc1ccc(Cl)cc1Cl. The van der Waals surface area contributed by atoms with Gasteiger partial charge in [-0.25, -0.2) is 13.1 Å². The van der Waals surface area contributed by atoms with E-state index in [1.165, 1.54) is 0 Å². The Balaban J connectivity index is 2.30. The smallest absolute Gasteiger partial charge is 0.224 e. The number of rotatable bonds is 8. The Kier molecular flexibility index (Phi) is 7.62. The summed E-state index contributed by atoms with van der Waals surface area (Å²) in [5.41, 5.74) is 0.511. The minimum absolute atomic E-state index is 0.170. The number of sulfonamides is 1. The molecular formula is C14H20Cl2N2O3S. The highest BCUT2D eigenvalue weighted by atomic mass is 35.5. The molecule has 0 unspecified atom stereocenters. The number of halogens is 2. The van der Waals surface area contributed by atoms with Crippen LogP contribution in [0.25, 0.3) is 0 Å². The zero-order valence-electron chi connectivity index (χ0n) is 12.5. The standard InChI is InChI=1S/C14H20Cl2N2O3S/c1-10(2)22(20,21)17-8-4-3-5-14(19)18-13-7-6-11(15)9-12(13)16/h6-7,9-10,17H,3-5,8H2,1-2H3,(H,18,19). The maximum Gasteiger partial charge on any atom is 0.224 e. The summed E-state index contributed by atoms with van der Waals surface area (Å²) >= 11 is 11.7. The van der Waals surface area contributed by atoms with Gasteiger partial charge in [0.15, 0.2) is 0 Å². The average Bonchev–Trinajstić information content (AvgIpc) is 2.41. The molecule has 8 heteroatoms. The van der Waals surface area contributed by atoms with E-state index < -0.39 is 15.3 Å². The average molecular weight is 367 g/mol. The van der Waals surface area contributed by atoms with E-state index in [0.29, 0.717) is 41.5 Å². The molecule has 1 aromatic carbocycles. The molecule has 0 fully saturated rings. The van der Waals surface area contributed by atoms with Crippen LogP contribution in [0.3, 0.4) is 0 Å². The Morgan fingerprint density at radius 1 is 1.23 bits per heavy atom. The zero-order chi connectivity index (χ0) is 16.8. The van der Waals surface area contributed by atoms with Gasteiger partial charge < -0.3 is 5.32 Å². The van der Waals surface area contributed by atoms with Gasteiger partial charge in [-0.3, -0.25) is 4.79 Å². The number of unbranched alkanes of at least 4 members (excludes halogenated alkanes) is 1. The summed E-state index contributed by atoms with van der Waals surface area (Å²) in [6.45, 7) is 3.56. The largest absolute Gasteiger partial charge is 0.325 e.